The maximum atomic E-state index is 16.5. The molecule has 2 aliphatic rings. The lowest BCUT2D eigenvalue weighted by Crippen LogP contribution is -2.45. The maximum absolute atomic E-state index is 16.5. The third-order valence-corrected chi connectivity index (χ3v) is 9.24. The van der Waals surface area contributed by atoms with Gasteiger partial charge in [0.1, 0.15) is 24.0 Å². The third kappa shape index (κ3) is 4.52. The second-order valence-electron chi connectivity index (χ2n) is 9.74. The van der Waals surface area contributed by atoms with Crippen molar-refractivity contribution in [3.05, 3.63) is 36.7 Å². The predicted octanol–water partition coefficient (Wildman–Crippen LogP) is 1.68. The lowest BCUT2D eigenvalue weighted by Gasteiger charge is -2.32. The van der Waals surface area contributed by atoms with Gasteiger partial charge in [0.05, 0.1) is 13.4 Å². The number of alkyl halides is 1. The minimum atomic E-state index is -3.54. The van der Waals surface area contributed by atoms with Crippen LogP contribution in [0, 0.1) is 0 Å². The largest absolute Gasteiger partial charge is 0.468 e. The Bertz CT molecular complexity index is 1460. The molecular formula is C23H29FN7O6PS. The quantitative estimate of drug-likeness (QED) is 0.248. The molecule has 1 aliphatic heterocycles. The van der Waals surface area contributed by atoms with Crippen LogP contribution in [0.1, 0.15) is 20.1 Å². The number of rotatable bonds is 9. The van der Waals surface area contributed by atoms with E-state index >= 15 is 4.39 Å². The van der Waals surface area contributed by atoms with Gasteiger partial charge in [0.15, 0.2) is 34.5 Å². The van der Waals surface area contributed by atoms with Crippen LogP contribution >= 0.6 is 6.64 Å². The first kappa shape index (κ1) is 27.6. The number of aromatic nitrogens is 4. The molecule has 5 rings (SSSR count). The molecule has 1 saturated carbocycles. The number of anilines is 2. The van der Waals surface area contributed by atoms with Crippen LogP contribution in [0.25, 0.3) is 11.2 Å². The van der Waals surface area contributed by atoms with Crippen molar-refractivity contribution in [2.75, 3.05) is 31.8 Å². The van der Waals surface area contributed by atoms with Crippen molar-refractivity contribution in [2.45, 2.75) is 49.6 Å². The summed E-state index contributed by atoms with van der Waals surface area (Å²) in [5.41, 5.74) is 2.06. The zero-order valence-corrected chi connectivity index (χ0v) is 23.5. The fraction of sp³-hybridized carbons (Fsp3) is 0.478. The molecule has 2 fully saturated rings. The van der Waals surface area contributed by atoms with Crippen LogP contribution in [0.3, 0.4) is 0 Å². The third-order valence-electron chi connectivity index (χ3n) is 6.78. The van der Waals surface area contributed by atoms with Crippen molar-refractivity contribution in [3.8, 4) is 5.75 Å². The summed E-state index contributed by atoms with van der Waals surface area (Å²) >= 11 is 5.68. The van der Waals surface area contributed by atoms with E-state index in [9.17, 15) is 9.90 Å². The SMILES string of the molecule is COC(=O)[C@@H](C)NP(=S)(Oc1ccccc1)OC1[C@H]2O[C@@H](n3cnc4c(N(C)C)nc(N)nc43)[C@](C)(F)[C@@]12O. The minimum absolute atomic E-state index is 0.0267. The first-order valence-electron chi connectivity index (χ1n) is 11.9. The van der Waals surface area contributed by atoms with Gasteiger partial charge in [0.2, 0.25) is 5.95 Å². The Labute approximate surface area is 228 Å². The van der Waals surface area contributed by atoms with E-state index in [2.05, 4.69) is 20.0 Å². The first-order valence-corrected chi connectivity index (χ1v) is 14.6. The number of carbonyl (C=O) groups is 1. The standard InChI is InChI=1S/C23H29FN7O6PS/c1-12(19(32)34-5)29-38(39,36-13-9-7-6-8-10-13)37-16-15-23(16,33)22(2,24)20(35-15)31-11-26-14-17(30(3)4)27-21(25)28-18(14)31/h6-12,15-16,20,33H,1-5H3,(H,29,39)(H2,25,27,28)/t12-,15-,16?,20-,22+,23+,38?/m1/s1. The molecule has 0 bridgehead atoms. The molecule has 1 aliphatic carbocycles. The summed E-state index contributed by atoms with van der Waals surface area (Å²) in [5, 5.41) is 14.3. The van der Waals surface area contributed by atoms with Crippen molar-refractivity contribution in [2.24, 2.45) is 0 Å². The molecule has 0 radical (unpaired) electrons. The van der Waals surface area contributed by atoms with E-state index in [0.29, 0.717) is 17.1 Å². The zero-order valence-electron chi connectivity index (χ0n) is 21.8. The van der Waals surface area contributed by atoms with Gasteiger partial charge in [0.25, 0.3) is 0 Å². The molecule has 0 spiro atoms. The number of nitrogens with two attached hydrogens (primary N) is 1. The van der Waals surface area contributed by atoms with Crippen molar-refractivity contribution >= 4 is 47.3 Å². The number of carbonyl (C=O) groups excluding carboxylic acids is 1. The average Bonchev–Trinajstić information content (AvgIpc) is 3.14. The molecule has 0 amide bonds. The first-order chi connectivity index (χ1) is 18.3. The number of methoxy groups -OCH3 is 1. The van der Waals surface area contributed by atoms with Gasteiger partial charge in [-0.2, -0.15) is 9.97 Å². The summed E-state index contributed by atoms with van der Waals surface area (Å²) in [5.74, 6) is 0.186. The van der Waals surface area contributed by atoms with Crippen molar-refractivity contribution < 1.29 is 32.8 Å². The Morgan fingerprint density at radius 2 is 2.05 bits per heavy atom. The second-order valence-corrected chi connectivity index (χ2v) is 12.8. The fourth-order valence-electron chi connectivity index (χ4n) is 4.69. The molecular weight excluding hydrogens is 552 g/mol. The van der Waals surface area contributed by atoms with Crippen LogP contribution in [0.5, 0.6) is 5.75 Å². The second kappa shape index (κ2) is 9.61. The van der Waals surface area contributed by atoms with Crippen LogP contribution < -0.4 is 20.2 Å². The predicted molar refractivity (Wildman–Crippen MR) is 143 cm³/mol. The summed E-state index contributed by atoms with van der Waals surface area (Å²) < 4.78 is 40.6. The van der Waals surface area contributed by atoms with E-state index in [1.807, 2.05) is 0 Å². The number of aliphatic hydroxyl groups is 1. The zero-order chi connectivity index (χ0) is 28.3. The lowest BCUT2D eigenvalue weighted by atomic mass is 9.97. The number of ether oxygens (including phenoxy) is 2. The van der Waals surface area contributed by atoms with Crippen LogP contribution in [0.4, 0.5) is 16.2 Å². The normalized spacial score (nSPS) is 29.9. The number of hydrogen-bond donors (Lipinski definition) is 3. The van der Waals surface area contributed by atoms with Gasteiger partial charge in [0, 0.05) is 14.1 Å². The Morgan fingerprint density at radius 1 is 1.36 bits per heavy atom. The van der Waals surface area contributed by atoms with Crippen LogP contribution in [-0.4, -0.2) is 81.3 Å². The van der Waals surface area contributed by atoms with E-state index < -0.39 is 48.4 Å². The minimum Gasteiger partial charge on any atom is -0.468 e. The van der Waals surface area contributed by atoms with E-state index in [1.54, 1.807) is 49.3 Å². The molecule has 39 heavy (non-hydrogen) atoms. The highest BCUT2D eigenvalue weighted by molar-refractivity contribution is 8.09. The molecule has 1 aromatic carbocycles. The van der Waals surface area contributed by atoms with E-state index in [0.717, 1.165) is 0 Å². The van der Waals surface area contributed by atoms with E-state index in [1.165, 1.54) is 31.9 Å². The molecule has 3 heterocycles. The molecule has 2 aromatic heterocycles. The van der Waals surface area contributed by atoms with Gasteiger partial charge in [-0.05, 0) is 37.8 Å². The molecule has 2 unspecified atom stereocenters. The lowest BCUT2D eigenvalue weighted by molar-refractivity contribution is -0.142. The van der Waals surface area contributed by atoms with Gasteiger partial charge < -0.3 is 29.7 Å². The molecule has 210 valence electrons. The number of nitrogens with one attached hydrogen (secondary N) is 1. The van der Waals surface area contributed by atoms with Crippen molar-refractivity contribution in [1.82, 2.24) is 24.6 Å². The number of nitrogen functional groups attached to an aromatic ring is 1. The number of benzene rings is 1. The van der Waals surface area contributed by atoms with Crippen LogP contribution in [0.15, 0.2) is 36.7 Å². The number of hydrogen-bond acceptors (Lipinski definition) is 12. The molecule has 1 saturated heterocycles. The monoisotopic (exact) mass is 581 g/mol. The summed E-state index contributed by atoms with van der Waals surface area (Å²) in [7, 11) is 4.77. The smallest absolute Gasteiger partial charge is 0.323 e. The van der Waals surface area contributed by atoms with Gasteiger partial charge in [-0.3, -0.25) is 13.9 Å². The highest BCUT2D eigenvalue weighted by atomic mass is 32.5. The molecule has 7 atom stereocenters. The summed E-state index contributed by atoms with van der Waals surface area (Å²) in [6.07, 6.45) is -2.24. The van der Waals surface area contributed by atoms with Gasteiger partial charge in [-0.1, -0.05) is 18.2 Å². The van der Waals surface area contributed by atoms with Crippen molar-refractivity contribution in [3.63, 3.8) is 0 Å². The fourth-order valence-corrected chi connectivity index (χ4v) is 7.41. The van der Waals surface area contributed by atoms with Crippen molar-refractivity contribution in [1.29, 1.82) is 0 Å². The Morgan fingerprint density at radius 3 is 2.64 bits per heavy atom. The number of fused-ring (bicyclic) bond motifs is 2. The Kier molecular flexibility index (Phi) is 6.81. The highest BCUT2D eigenvalue weighted by Crippen LogP contribution is 2.66. The summed E-state index contributed by atoms with van der Waals surface area (Å²) in [6.45, 7) is -0.809. The molecule has 4 N–H and O–H groups in total. The van der Waals surface area contributed by atoms with Gasteiger partial charge >= 0.3 is 12.6 Å². The van der Waals surface area contributed by atoms with Gasteiger partial charge in [-0.15, -0.1) is 0 Å². The number of halogens is 1. The van der Waals surface area contributed by atoms with Gasteiger partial charge in [-0.25, -0.2) is 14.5 Å². The Balaban J connectivity index is 1.43. The summed E-state index contributed by atoms with van der Waals surface area (Å²) in [6, 6.07) is 7.66. The average molecular weight is 582 g/mol. The number of para-hydroxylation sites is 1. The molecule has 3 aromatic rings. The maximum Gasteiger partial charge on any atom is 0.323 e. The number of imidazole rings is 1. The molecule has 16 heteroatoms. The highest BCUT2D eigenvalue weighted by Gasteiger charge is 2.85. The Hall–Kier alpha value is -2.94. The van der Waals surface area contributed by atoms with E-state index in [4.69, 9.17) is 36.1 Å². The number of nitrogens with zero attached hydrogens (tertiary/aromatic N) is 5. The number of esters is 1. The molecule has 13 nitrogen and oxygen atoms in total. The summed E-state index contributed by atoms with van der Waals surface area (Å²) in [4.78, 5) is 26.6. The van der Waals surface area contributed by atoms with Crippen LogP contribution in [0.2, 0.25) is 0 Å². The van der Waals surface area contributed by atoms with E-state index in [-0.39, 0.29) is 11.6 Å². The van der Waals surface area contributed by atoms with Crippen LogP contribution in [-0.2, 0) is 30.6 Å². The topological polar surface area (TPSA) is 159 Å².